The number of methoxy groups -OCH3 is 1. The molecule has 1 aliphatic heterocycles. The molecule has 5 atom stereocenters. The van der Waals surface area contributed by atoms with Crippen molar-refractivity contribution in [2.45, 2.75) is 45.3 Å². The summed E-state index contributed by atoms with van der Waals surface area (Å²) in [4.78, 5) is 43.1. The van der Waals surface area contributed by atoms with Gasteiger partial charge in [-0.2, -0.15) is 0 Å². The van der Waals surface area contributed by atoms with Crippen LogP contribution in [0.25, 0.3) is 0 Å². The summed E-state index contributed by atoms with van der Waals surface area (Å²) in [5.74, 6) is -1.35. The molecule has 190 valence electrons. The number of likely N-dealkylation sites (tertiary alicyclic amines) is 1. The van der Waals surface area contributed by atoms with Gasteiger partial charge < -0.3 is 9.47 Å². The van der Waals surface area contributed by atoms with Gasteiger partial charge in [-0.05, 0) is 62.4 Å². The molecule has 2 aliphatic rings. The van der Waals surface area contributed by atoms with Gasteiger partial charge >= 0.3 is 6.09 Å². The molecule has 0 bridgehead atoms. The highest BCUT2D eigenvalue weighted by molar-refractivity contribution is 6.07. The molecule has 0 spiro atoms. The topological polar surface area (TPSA) is 76.2 Å². The fourth-order valence-corrected chi connectivity index (χ4v) is 5.26. The van der Waals surface area contributed by atoms with E-state index in [1.54, 1.807) is 52.1 Å². The fraction of sp³-hybridized carbons (Fsp3) is 0.414. The van der Waals surface area contributed by atoms with Crippen LogP contribution < -0.4 is 9.64 Å². The molecule has 2 aromatic rings. The van der Waals surface area contributed by atoms with Crippen LogP contribution in [-0.4, -0.2) is 48.6 Å². The number of hydrogen-bond donors (Lipinski definition) is 0. The minimum absolute atomic E-state index is 0.00936. The highest BCUT2D eigenvalue weighted by atomic mass is 16.6. The summed E-state index contributed by atoms with van der Waals surface area (Å²) in [5.41, 5.74) is 0.914. The van der Waals surface area contributed by atoms with E-state index in [-0.39, 0.29) is 23.7 Å². The molecule has 1 aliphatic carbocycles. The first-order chi connectivity index (χ1) is 17.0. The minimum Gasteiger partial charge on any atom is -0.497 e. The van der Waals surface area contributed by atoms with E-state index in [1.807, 2.05) is 42.5 Å². The summed E-state index contributed by atoms with van der Waals surface area (Å²) in [6.07, 6.45) is 3.31. The highest BCUT2D eigenvalue weighted by Crippen LogP contribution is 2.46. The molecule has 4 rings (SSSR count). The molecular weight excluding hydrogens is 456 g/mol. The molecule has 2 aromatic carbocycles. The third kappa shape index (κ3) is 4.74. The summed E-state index contributed by atoms with van der Waals surface area (Å²) in [6.45, 7) is 7.47. The number of fused-ring (bicyclic) bond motifs is 1. The standard InChI is InChI=1S/C29H34N2O5/c1-18(19-10-8-7-9-11-19)22-16-17-23(25-24(22)26(32)30(5)27(25)33)31(28(34)36-29(2,3)4)20-12-14-21(35-6)15-13-20/h7-18,22-25H,1-6H3/t18-,22-,23-,24+,25-/m1/s1. The van der Waals surface area contributed by atoms with Crippen molar-refractivity contribution in [1.29, 1.82) is 0 Å². The average Bonchev–Trinajstić information content (AvgIpc) is 3.08. The van der Waals surface area contributed by atoms with E-state index in [4.69, 9.17) is 9.47 Å². The Morgan fingerprint density at radius 1 is 0.944 bits per heavy atom. The number of nitrogens with zero attached hydrogens (tertiary/aromatic N) is 2. The van der Waals surface area contributed by atoms with Crippen molar-refractivity contribution in [2.75, 3.05) is 19.1 Å². The van der Waals surface area contributed by atoms with Crippen molar-refractivity contribution < 1.29 is 23.9 Å². The van der Waals surface area contributed by atoms with E-state index < -0.39 is 29.6 Å². The average molecular weight is 491 g/mol. The molecular formula is C29H34N2O5. The maximum Gasteiger partial charge on any atom is 0.415 e. The van der Waals surface area contributed by atoms with E-state index in [2.05, 4.69) is 6.92 Å². The Hall–Kier alpha value is -3.61. The number of amides is 3. The Bertz CT molecular complexity index is 1150. The lowest BCUT2D eigenvalue weighted by Crippen LogP contribution is -2.51. The van der Waals surface area contributed by atoms with Crippen molar-refractivity contribution in [2.24, 2.45) is 17.8 Å². The van der Waals surface area contributed by atoms with Gasteiger partial charge in [0.05, 0.1) is 25.0 Å². The van der Waals surface area contributed by atoms with Crippen LogP contribution in [0.15, 0.2) is 66.7 Å². The first-order valence-corrected chi connectivity index (χ1v) is 12.2. The number of hydrogen-bond acceptors (Lipinski definition) is 5. The molecule has 7 nitrogen and oxygen atoms in total. The Morgan fingerprint density at radius 3 is 2.14 bits per heavy atom. The van der Waals surface area contributed by atoms with Crippen molar-refractivity contribution in [3.63, 3.8) is 0 Å². The van der Waals surface area contributed by atoms with Gasteiger partial charge in [-0.3, -0.25) is 19.4 Å². The summed E-state index contributed by atoms with van der Waals surface area (Å²) in [5, 5.41) is 0. The number of anilines is 1. The Morgan fingerprint density at radius 2 is 1.56 bits per heavy atom. The SMILES string of the molecule is COc1ccc(N(C(=O)OC(C)(C)C)[C@@H]2C=C[C@H]([C@H](C)c3ccccc3)[C@@H]3C(=O)N(C)C(=O)[C@@H]32)cc1. The lowest BCUT2D eigenvalue weighted by atomic mass is 9.68. The maximum absolute atomic E-state index is 13.5. The van der Waals surface area contributed by atoms with Crippen LogP contribution in [0, 0.1) is 17.8 Å². The number of ether oxygens (including phenoxy) is 2. The monoisotopic (exact) mass is 490 g/mol. The smallest absolute Gasteiger partial charge is 0.415 e. The first-order valence-electron chi connectivity index (χ1n) is 12.2. The zero-order chi connectivity index (χ0) is 26.2. The van der Waals surface area contributed by atoms with E-state index in [0.29, 0.717) is 11.4 Å². The van der Waals surface area contributed by atoms with E-state index >= 15 is 0 Å². The van der Waals surface area contributed by atoms with Crippen molar-refractivity contribution in [3.05, 3.63) is 72.3 Å². The number of allylic oxidation sites excluding steroid dienone is 1. The molecule has 1 saturated heterocycles. The Labute approximate surface area is 212 Å². The zero-order valence-electron chi connectivity index (χ0n) is 21.7. The number of carbonyl (C=O) groups is 3. The molecule has 3 amide bonds. The van der Waals surface area contributed by atoms with Gasteiger partial charge in [0.1, 0.15) is 11.4 Å². The number of imide groups is 1. The van der Waals surface area contributed by atoms with Crippen LogP contribution >= 0.6 is 0 Å². The van der Waals surface area contributed by atoms with Crippen LogP contribution in [0.2, 0.25) is 0 Å². The summed E-state index contributed by atoms with van der Waals surface area (Å²) >= 11 is 0. The van der Waals surface area contributed by atoms with Gasteiger partial charge in [0.2, 0.25) is 11.8 Å². The van der Waals surface area contributed by atoms with E-state index in [9.17, 15) is 14.4 Å². The third-order valence-electron chi connectivity index (χ3n) is 7.07. The van der Waals surface area contributed by atoms with Crippen LogP contribution in [0.4, 0.5) is 10.5 Å². The normalized spacial score (nSPS) is 24.3. The van der Waals surface area contributed by atoms with Gasteiger partial charge in [-0.25, -0.2) is 4.79 Å². The van der Waals surface area contributed by atoms with Crippen LogP contribution in [0.3, 0.4) is 0 Å². The Balaban J connectivity index is 1.80. The maximum atomic E-state index is 13.5. The predicted octanol–water partition coefficient (Wildman–Crippen LogP) is 5.03. The summed E-state index contributed by atoms with van der Waals surface area (Å²) in [7, 11) is 3.09. The molecule has 36 heavy (non-hydrogen) atoms. The van der Waals surface area contributed by atoms with Gasteiger partial charge in [0.15, 0.2) is 0 Å². The Kier molecular flexibility index (Phi) is 6.94. The van der Waals surface area contributed by atoms with Crippen LogP contribution in [-0.2, 0) is 14.3 Å². The van der Waals surface area contributed by atoms with E-state index in [0.717, 1.165) is 5.56 Å². The predicted molar refractivity (Wildman–Crippen MR) is 138 cm³/mol. The minimum atomic E-state index is -0.740. The first kappa shape index (κ1) is 25.5. The second-order valence-corrected chi connectivity index (χ2v) is 10.5. The third-order valence-corrected chi connectivity index (χ3v) is 7.07. The molecule has 0 N–H and O–H groups in total. The lowest BCUT2D eigenvalue weighted by Gasteiger charge is -2.40. The largest absolute Gasteiger partial charge is 0.497 e. The van der Waals surface area contributed by atoms with Gasteiger partial charge in [0.25, 0.3) is 0 Å². The zero-order valence-corrected chi connectivity index (χ0v) is 21.7. The van der Waals surface area contributed by atoms with Gasteiger partial charge in [-0.1, -0.05) is 49.4 Å². The molecule has 1 fully saturated rings. The van der Waals surface area contributed by atoms with E-state index in [1.165, 1.54) is 16.8 Å². The fourth-order valence-electron chi connectivity index (χ4n) is 5.26. The molecule has 0 saturated carbocycles. The quantitative estimate of drug-likeness (QED) is 0.434. The molecule has 0 unspecified atom stereocenters. The number of carbonyl (C=O) groups excluding carboxylic acids is 3. The summed E-state index contributed by atoms with van der Waals surface area (Å²) in [6, 6.07) is 16.3. The molecule has 0 radical (unpaired) electrons. The van der Waals surface area contributed by atoms with Crippen LogP contribution in [0.1, 0.15) is 39.2 Å². The van der Waals surface area contributed by atoms with Crippen LogP contribution in [0.5, 0.6) is 5.75 Å². The number of rotatable bonds is 5. The molecule has 1 heterocycles. The van der Waals surface area contributed by atoms with Crippen molar-refractivity contribution in [3.8, 4) is 5.75 Å². The lowest BCUT2D eigenvalue weighted by molar-refractivity contribution is -0.138. The molecule has 7 heteroatoms. The second-order valence-electron chi connectivity index (χ2n) is 10.5. The second kappa shape index (κ2) is 9.80. The van der Waals surface area contributed by atoms with Gasteiger partial charge in [-0.15, -0.1) is 0 Å². The van der Waals surface area contributed by atoms with Gasteiger partial charge in [0, 0.05) is 12.7 Å². The number of benzene rings is 2. The summed E-state index contributed by atoms with van der Waals surface area (Å²) < 4.78 is 11.0. The molecule has 0 aromatic heterocycles. The highest BCUT2D eigenvalue weighted by Gasteiger charge is 2.56. The van der Waals surface area contributed by atoms with Crippen molar-refractivity contribution >= 4 is 23.6 Å². The van der Waals surface area contributed by atoms with Crippen molar-refractivity contribution in [1.82, 2.24) is 4.90 Å².